The van der Waals surface area contributed by atoms with Crippen molar-refractivity contribution < 1.29 is 19.4 Å². The summed E-state index contributed by atoms with van der Waals surface area (Å²) >= 11 is 0. The molecule has 0 bridgehead atoms. The second kappa shape index (κ2) is 8.85. The molecular weight excluding hydrogens is 320 g/mol. The Balaban J connectivity index is 1.85. The zero-order valence-corrected chi connectivity index (χ0v) is 15.0. The maximum Gasteiger partial charge on any atom is 0.251 e. The van der Waals surface area contributed by atoms with Crippen molar-refractivity contribution >= 4 is 11.8 Å². The van der Waals surface area contributed by atoms with E-state index in [0.717, 1.165) is 25.7 Å². The number of rotatable bonds is 8. The van der Waals surface area contributed by atoms with E-state index in [4.69, 9.17) is 4.74 Å². The van der Waals surface area contributed by atoms with Crippen LogP contribution in [0.3, 0.4) is 0 Å². The van der Waals surface area contributed by atoms with Crippen LogP contribution in [0.25, 0.3) is 0 Å². The zero-order chi connectivity index (χ0) is 18.3. The number of amides is 2. The number of carbonyl (C=O) groups is 2. The average Bonchev–Trinajstić information content (AvgIpc) is 3.12. The Morgan fingerprint density at radius 3 is 2.60 bits per heavy atom. The first kappa shape index (κ1) is 19.2. The van der Waals surface area contributed by atoms with Crippen LogP contribution in [0.4, 0.5) is 0 Å². The summed E-state index contributed by atoms with van der Waals surface area (Å²) in [6.07, 6.45) is 4.39. The van der Waals surface area contributed by atoms with Crippen LogP contribution in [-0.4, -0.2) is 42.2 Å². The van der Waals surface area contributed by atoms with Crippen LogP contribution in [0, 0.1) is 5.92 Å². The summed E-state index contributed by atoms with van der Waals surface area (Å²) in [6, 6.07) is 6.90. The molecule has 3 N–H and O–H groups in total. The highest BCUT2D eigenvalue weighted by Gasteiger charge is 2.34. The second-order valence-corrected chi connectivity index (χ2v) is 6.89. The van der Waals surface area contributed by atoms with Gasteiger partial charge in [-0.2, -0.15) is 0 Å². The van der Waals surface area contributed by atoms with Gasteiger partial charge in [-0.3, -0.25) is 9.59 Å². The lowest BCUT2D eigenvalue weighted by Crippen LogP contribution is -2.39. The van der Waals surface area contributed by atoms with Gasteiger partial charge in [-0.1, -0.05) is 18.9 Å². The van der Waals surface area contributed by atoms with Crippen molar-refractivity contribution in [3.8, 4) is 5.75 Å². The van der Waals surface area contributed by atoms with E-state index in [1.807, 2.05) is 6.92 Å². The summed E-state index contributed by atoms with van der Waals surface area (Å²) in [7, 11) is 0. The van der Waals surface area contributed by atoms with Gasteiger partial charge in [-0.15, -0.1) is 0 Å². The molecule has 138 valence electrons. The predicted molar refractivity (Wildman–Crippen MR) is 95.5 cm³/mol. The lowest BCUT2D eigenvalue weighted by atomic mass is 9.88. The van der Waals surface area contributed by atoms with Crippen LogP contribution in [0.5, 0.6) is 5.75 Å². The Hall–Kier alpha value is -2.08. The van der Waals surface area contributed by atoms with Gasteiger partial charge in [-0.05, 0) is 43.9 Å². The molecule has 0 heterocycles. The molecule has 0 aliphatic heterocycles. The van der Waals surface area contributed by atoms with Crippen LogP contribution in [-0.2, 0) is 4.79 Å². The maximum absolute atomic E-state index is 12.1. The topological polar surface area (TPSA) is 87.7 Å². The fraction of sp³-hybridized carbons (Fsp3) is 0.579. The number of ether oxygens (including phenoxy) is 1. The highest BCUT2D eigenvalue weighted by molar-refractivity contribution is 5.94. The average molecular weight is 348 g/mol. The van der Waals surface area contributed by atoms with Crippen molar-refractivity contribution in [1.82, 2.24) is 10.6 Å². The molecule has 2 rings (SSSR count). The second-order valence-electron chi connectivity index (χ2n) is 6.89. The molecule has 1 aliphatic carbocycles. The van der Waals surface area contributed by atoms with Crippen LogP contribution < -0.4 is 15.4 Å². The minimum Gasteiger partial charge on any atom is -0.491 e. The molecule has 1 aromatic carbocycles. The number of nitrogens with one attached hydrogen (secondary N) is 2. The van der Waals surface area contributed by atoms with Crippen LogP contribution in [0.1, 0.15) is 49.9 Å². The first-order chi connectivity index (χ1) is 11.9. The van der Waals surface area contributed by atoms with Crippen LogP contribution in [0.15, 0.2) is 24.3 Å². The Morgan fingerprint density at radius 2 is 1.92 bits per heavy atom. The summed E-state index contributed by atoms with van der Waals surface area (Å²) in [5.41, 5.74) is -0.367. The molecule has 1 saturated carbocycles. The monoisotopic (exact) mass is 348 g/mol. The zero-order valence-electron chi connectivity index (χ0n) is 15.0. The van der Waals surface area contributed by atoms with Crippen molar-refractivity contribution in [2.45, 2.75) is 45.1 Å². The quantitative estimate of drug-likeness (QED) is 0.626. The molecule has 1 aliphatic rings. The van der Waals surface area contributed by atoms with Gasteiger partial charge >= 0.3 is 0 Å². The van der Waals surface area contributed by atoms with E-state index >= 15 is 0 Å². The van der Waals surface area contributed by atoms with Crippen LogP contribution >= 0.6 is 0 Å². The predicted octanol–water partition coefficient (Wildman–Crippen LogP) is 1.87. The minimum absolute atomic E-state index is 0.126. The van der Waals surface area contributed by atoms with Crippen molar-refractivity contribution in [3.05, 3.63) is 29.8 Å². The van der Waals surface area contributed by atoms with Gasteiger partial charge in [0, 0.05) is 25.6 Å². The lowest BCUT2D eigenvalue weighted by Gasteiger charge is -2.29. The summed E-state index contributed by atoms with van der Waals surface area (Å²) in [5.74, 6) is 0.484. The molecule has 0 radical (unpaired) electrons. The summed E-state index contributed by atoms with van der Waals surface area (Å²) in [4.78, 5) is 22.9. The van der Waals surface area contributed by atoms with Crippen molar-refractivity contribution in [2.75, 3.05) is 19.7 Å². The third kappa shape index (κ3) is 6.05. The molecule has 1 unspecified atom stereocenters. The Bertz CT molecular complexity index is 595. The smallest absolute Gasteiger partial charge is 0.251 e. The maximum atomic E-state index is 12.1. The van der Waals surface area contributed by atoms with Gasteiger partial charge < -0.3 is 20.5 Å². The van der Waals surface area contributed by atoms with Gasteiger partial charge in [-0.25, -0.2) is 0 Å². The molecule has 0 saturated heterocycles. The van der Waals surface area contributed by atoms with E-state index in [2.05, 4.69) is 10.6 Å². The number of aliphatic hydroxyl groups is 1. The molecule has 6 heteroatoms. The normalized spacial score (nSPS) is 16.9. The van der Waals surface area contributed by atoms with Crippen LogP contribution in [0.2, 0.25) is 0 Å². The minimum atomic E-state index is -0.854. The SMILES string of the molecule is CC(=O)NCCNC(=O)c1cccc(OCC(C)(O)C2CCCC2)c1. The van der Waals surface area contributed by atoms with Gasteiger partial charge in [0.2, 0.25) is 5.91 Å². The third-order valence-electron chi connectivity index (χ3n) is 4.65. The van der Waals surface area contributed by atoms with Crippen molar-refractivity contribution in [3.63, 3.8) is 0 Å². The summed E-state index contributed by atoms with van der Waals surface area (Å²) in [5, 5.41) is 16.0. The number of benzene rings is 1. The van der Waals surface area contributed by atoms with Gasteiger partial charge in [0.05, 0.1) is 5.60 Å². The Labute approximate surface area is 149 Å². The van der Waals surface area contributed by atoms with Crippen molar-refractivity contribution in [2.24, 2.45) is 5.92 Å². The molecule has 0 spiro atoms. The van der Waals surface area contributed by atoms with Gasteiger partial charge in [0.15, 0.2) is 0 Å². The van der Waals surface area contributed by atoms with Crippen molar-refractivity contribution in [1.29, 1.82) is 0 Å². The van der Waals surface area contributed by atoms with E-state index < -0.39 is 5.60 Å². The molecular formula is C19H28N2O4. The third-order valence-corrected chi connectivity index (χ3v) is 4.65. The molecule has 25 heavy (non-hydrogen) atoms. The highest BCUT2D eigenvalue weighted by atomic mass is 16.5. The number of carbonyl (C=O) groups excluding carboxylic acids is 2. The first-order valence-electron chi connectivity index (χ1n) is 8.86. The highest BCUT2D eigenvalue weighted by Crippen LogP contribution is 2.34. The van der Waals surface area contributed by atoms with E-state index in [-0.39, 0.29) is 24.3 Å². The van der Waals surface area contributed by atoms with Gasteiger partial charge in [0.25, 0.3) is 5.91 Å². The standard InChI is InChI=1S/C19H28N2O4/c1-14(22)20-10-11-21-18(23)15-6-5-9-17(12-15)25-13-19(2,24)16-7-3-4-8-16/h5-6,9,12,16,24H,3-4,7-8,10-11,13H2,1-2H3,(H,20,22)(H,21,23). The summed E-state index contributed by atoms with van der Waals surface area (Å²) in [6.45, 7) is 4.22. The Kier molecular flexibility index (Phi) is 6.82. The molecule has 6 nitrogen and oxygen atoms in total. The molecule has 1 aromatic rings. The first-order valence-corrected chi connectivity index (χ1v) is 8.86. The molecule has 1 fully saturated rings. The van der Waals surface area contributed by atoms with Gasteiger partial charge in [0.1, 0.15) is 12.4 Å². The van der Waals surface area contributed by atoms with E-state index in [9.17, 15) is 14.7 Å². The molecule has 0 aromatic heterocycles. The van der Waals surface area contributed by atoms with E-state index in [1.165, 1.54) is 6.92 Å². The fourth-order valence-electron chi connectivity index (χ4n) is 3.14. The lowest BCUT2D eigenvalue weighted by molar-refractivity contribution is -0.118. The van der Waals surface area contributed by atoms with E-state index in [1.54, 1.807) is 24.3 Å². The molecule has 2 amide bonds. The Morgan fingerprint density at radius 1 is 1.24 bits per heavy atom. The number of hydrogen-bond donors (Lipinski definition) is 3. The summed E-state index contributed by atoms with van der Waals surface area (Å²) < 4.78 is 5.74. The largest absolute Gasteiger partial charge is 0.491 e. The van der Waals surface area contributed by atoms with E-state index in [0.29, 0.717) is 24.4 Å². The molecule has 1 atom stereocenters. The number of hydrogen-bond acceptors (Lipinski definition) is 4. The fourth-order valence-corrected chi connectivity index (χ4v) is 3.14.